The summed E-state index contributed by atoms with van der Waals surface area (Å²) in [7, 11) is 0. The fourth-order valence-electron chi connectivity index (χ4n) is 2.75. The molecule has 0 radical (unpaired) electrons. The highest BCUT2D eigenvalue weighted by atomic mass is 19.4. The Bertz CT molecular complexity index is 873. The Morgan fingerprint density at radius 2 is 1.81 bits per heavy atom. The summed E-state index contributed by atoms with van der Waals surface area (Å²) in [6.45, 7) is 1.66. The van der Waals surface area contributed by atoms with Crippen molar-refractivity contribution in [3.63, 3.8) is 0 Å². The van der Waals surface area contributed by atoms with Gasteiger partial charge in [0.1, 0.15) is 18.5 Å². The number of rotatable bonds is 6. The summed E-state index contributed by atoms with van der Waals surface area (Å²) in [5.74, 6) is -0.460. The van der Waals surface area contributed by atoms with Crippen LogP contribution in [0.2, 0.25) is 0 Å². The van der Waals surface area contributed by atoms with Gasteiger partial charge in [-0.1, -0.05) is 31.2 Å². The predicted octanol–water partition coefficient (Wildman–Crippen LogP) is 4.06. The van der Waals surface area contributed by atoms with Crippen LogP contribution in [0.5, 0.6) is 5.75 Å². The van der Waals surface area contributed by atoms with E-state index in [2.05, 4.69) is 4.98 Å². The van der Waals surface area contributed by atoms with E-state index in [1.165, 1.54) is 6.07 Å². The number of fused-ring (bicyclic) bond motifs is 1. The second kappa shape index (κ2) is 7.37. The normalized spacial score (nSPS) is 13.1. The van der Waals surface area contributed by atoms with Crippen LogP contribution in [-0.4, -0.2) is 27.4 Å². The zero-order valence-electron chi connectivity index (χ0n) is 14.2. The average molecular weight is 364 g/mol. The fourth-order valence-corrected chi connectivity index (χ4v) is 2.75. The zero-order chi connectivity index (χ0) is 18.7. The largest absolute Gasteiger partial charge is 0.491 e. The Hall–Kier alpha value is -2.54. The summed E-state index contributed by atoms with van der Waals surface area (Å²) < 4.78 is 46.3. The Kier molecular flexibility index (Phi) is 5.18. The fraction of sp³-hybridized carbons (Fsp3) is 0.316. The van der Waals surface area contributed by atoms with Crippen LogP contribution in [0.3, 0.4) is 0 Å². The highest BCUT2D eigenvalue weighted by molar-refractivity contribution is 5.76. The number of hydrogen-bond acceptors (Lipinski definition) is 3. The lowest BCUT2D eigenvalue weighted by Crippen LogP contribution is -2.26. The van der Waals surface area contributed by atoms with Crippen molar-refractivity contribution in [2.45, 2.75) is 32.2 Å². The van der Waals surface area contributed by atoms with Gasteiger partial charge in [-0.3, -0.25) is 0 Å². The van der Waals surface area contributed by atoms with E-state index in [-0.39, 0.29) is 18.7 Å². The minimum absolute atomic E-state index is 0.116. The number of aryl methyl sites for hydroxylation is 1. The second-order valence-electron chi connectivity index (χ2n) is 5.99. The monoisotopic (exact) mass is 364 g/mol. The van der Waals surface area contributed by atoms with Crippen LogP contribution >= 0.6 is 0 Å². The second-order valence-corrected chi connectivity index (χ2v) is 5.99. The van der Waals surface area contributed by atoms with Crippen molar-refractivity contribution in [2.24, 2.45) is 0 Å². The van der Waals surface area contributed by atoms with Crippen molar-refractivity contribution in [3.8, 4) is 5.75 Å². The number of aromatic nitrogens is 2. The first-order valence-corrected chi connectivity index (χ1v) is 8.30. The molecule has 1 heterocycles. The Labute approximate surface area is 148 Å². The van der Waals surface area contributed by atoms with Crippen LogP contribution in [-0.2, 0) is 19.1 Å². The molecule has 3 aromatic rings. The molecule has 4 nitrogen and oxygen atoms in total. The molecule has 0 amide bonds. The molecule has 1 atom stereocenters. The van der Waals surface area contributed by atoms with Crippen molar-refractivity contribution < 1.29 is 23.0 Å². The maximum Gasteiger partial charge on any atom is 0.449 e. The number of nitrogens with zero attached hydrogens (tertiary/aromatic N) is 2. The van der Waals surface area contributed by atoms with Crippen LogP contribution in [0, 0.1) is 0 Å². The van der Waals surface area contributed by atoms with E-state index < -0.39 is 18.1 Å². The molecule has 26 heavy (non-hydrogen) atoms. The van der Waals surface area contributed by atoms with Gasteiger partial charge >= 0.3 is 6.18 Å². The zero-order valence-corrected chi connectivity index (χ0v) is 14.2. The lowest BCUT2D eigenvalue weighted by atomic mass is 10.2. The van der Waals surface area contributed by atoms with Crippen molar-refractivity contribution >= 4 is 11.0 Å². The number of ether oxygens (including phenoxy) is 1. The number of halogens is 3. The van der Waals surface area contributed by atoms with Crippen LogP contribution in [0.15, 0.2) is 48.5 Å². The van der Waals surface area contributed by atoms with E-state index in [9.17, 15) is 18.3 Å². The van der Waals surface area contributed by atoms with Gasteiger partial charge < -0.3 is 14.4 Å². The van der Waals surface area contributed by atoms with Crippen molar-refractivity contribution in [1.29, 1.82) is 0 Å². The summed E-state index contributed by atoms with van der Waals surface area (Å²) in [4.78, 5) is 3.66. The number of alkyl halides is 3. The molecule has 1 N–H and O–H groups in total. The maximum absolute atomic E-state index is 13.3. The molecular formula is C19H19F3N2O2. The molecule has 0 spiro atoms. The van der Waals surface area contributed by atoms with Crippen molar-refractivity contribution in [2.75, 3.05) is 6.61 Å². The van der Waals surface area contributed by atoms with E-state index in [1.54, 1.807) is 30.3 Å². The smallest absolute Gasteiger partial charge is 0.449 e. The van der Waals surface area contributed by atoms with Gasteiger partial charge in [0.15, 0.2) is 0 Å². The van der Waals surface area contributed by atoms with Crippen molar-refractivity contribution in [3.05, 3.63) is 59.9 Å². The number of benzene rings is 2. The molecular weight excluding hydrogens is 345 g/mol. The Morgan fingerprint density at radius 1 is 1.12 bits per heavy atom. The molecule has 1 unspecified atom stereocenters. The minimum atomic E-state index is -4.60. The third-order valence-corrected chi connectivity index (χ3v) is 4.08. The topological polar surface area (TPSA) is 47.3 Å². The van der Waals surface area contributed by atoms with Crippen LogP contribution in [0.4, 0.5) is 13.2 Å². The third-order valence-electron chi connectivity index (χ3n) is 4.08. The molecule has 0 saturated heterocycles. The van der Waals surface area contributed by atoms with Crippen molar-refractivity contribution in [1.82, 2.24) is 9.55 Å². The lowest BCUT2D eigenvalue weighted by Gasteiger charge is -2.16. The van der Waals surface area contributed by atoms with Crippen LogP contribution in [0.25, 0.3) is 11.0 Å². The summed E-state index contributed by atoms with van der Waals surface area (Å²) >= 11 is 0. The van der Waals surface area contributed by atoms with Gasteiger partial charge in [0, 0.05) is 0 Å². The number of imidazole rings is 1. The minimum Gasteiger partial charge on any atom is -0.491 e. The van der Waals surface area contributed by atoms with Crippen LogP contribution < -0.4 is 4.74 Å². The number of aliphatic hydroxyl groups is 1. The van der Waals surface area contributed by atoms with Gasteiger partial charge in [-0.25, -0.2) is 4.98 Å². The number of aliphatic hydroxyl groups excluding tert-OH is 1. The molecule has 3 rings (SSSR count). The molecule has 2 aromatic carbocycles. The molecule has 0 aliphatic heterocycles. The van der Waals surface area contributed by atoms with Gasteiger partial charge in [-0.15, -0.1) is 0 Å². The third kappa shape index (κ3) is 3.99. The predicted molar refractivity (Wildman–Crippen MR) is 92.1 cm³/mol. The first kappa shape index (κ1) is 18.3. The summed E-state index contributed by atoms with van der Waals surface area (Å²) in [5, 5.41) is 10.2. The molecule has 0 fully saturated rings. The summed E-state index contributed by atoms with van der Waals surface area (Å²) in [5.41, 5.74) is 1.71. The van der Waals surface area contributed by atoms with E-state index in [4.69, 9.17) is 4.74 Å². The quantitative estimate of drug-likeness (QED) is 0.718. The average Bonchev–Trinajstić information content (AvgIpc) is 2.99. The number of para-hydroxylation sites is 2. The molecule has 0 aliphatic rings. The van der Waals surface area contributed by atoms with Crippen LogP contribution in [0.1, 0.15) is 18.3 Å². The van der Waals surface area contributed by atoms with E-state index in [0.717, 1.165) is 16.6 Å². The Morgan fingerprint density at radius 3 is 2.46 bits per heavy atom. The molecule has 138 valence electrons. The van der Waals surface area contributed by atoms with E-state index in [0.29, 0.717) is 11.3 Å². The van der Waals surface area contributed by atoms with Gasteiger partial charge in [0.05, 0.1) is 17.6 Å². The molecule has 0 bridgehead atoms. The standard InChI is InChI=1S/C19H19F3N2O2/c1-2-13-7-9-15(10-8-13)26-12-14(25)11-24-17-6-4-3-5-16(17)23-18(24)19(20,21)22/h3-10,14,25H,2,11-12H2,1H3. The first-order chi connectivity index (χ1) is 12.4. The SMILES string of the molecule is CCc1ccc(OCC(O)Cn2c(C(F)(F)F)nc3ccccc32)cc1. The highest BCUT2D eigenvalue weighted by Gasteiger charge is 2.37. The van der Waals surface area contributed by atoms with Gasteiger partial charge in [-0.2, -0.15) is 13.2 Å². The van der Waals surface area contributed by atoms with E-state index >= 15 is 0 Å². The molecule has 0 aliphatic carbocycles. The van der Waals surface area contributed by atoms with E-state index in [1.807, 2.05) is 19.1 Å². The van der Waals surface area contributed by atoms with Gasteiger partial charge in [-0.05, 0) is 36.2 Å². The summed E-state index contributed by atoms with van der Waals surface area (Å²) in [6.07, 6.45) is -4.81. The Balaban J connectivity index is 1.75. The van der Waals surface area contributed by atoms with Gasteiger partial charge in [0.2, 0.25) is 5.82 Å². The maximum atomic E-state index is 13.3. The molecule has 1 aromatic heterocycles. The lowest BCUT2D eigenvalue weighted by molar-refractivity contribution is -0.147. The van der Waals surface area contributed by atoms with Gasteiger partial charge in [0.25, 0.3) is 0 Å². The molecule has 0 saturated carbocycles. The molecule has 7 heteroatoms. The summed E-state index contributed by atoms with van der Waals surface area (Å²) in [6, 6.07) is 13.7. The number of hydrogen-bond donors (Lipinski definition) is 1. The first-order valence-electron chi connectivity index (χ1n) is 8.30. The highest BCUT2D eigenvalue weighted by Crippen LogP contribution is 2.31.